The first-order valence-corrected chi connectivity index (χ1v) is 5.05. The summed E-state index contributed by atoms with van der Waals surface area (Å²) in [5, 5.41) is 0. The fraction of sp³-hybridized carbons (Fsp3) is 0.231. The Morgan fingerprint density at radius 1 is 0.933 bits per heavy atom. The normalized spacial score (nSPS) is 13.6. The molecule has 2 heteroatoms. The van der Waals surface area contributed by atoms with Gasteiger partial charge < -0.3 is 35.2 Å². The van der Waals surface area contributed by atoms with E-state index in [0.717, 1.165) is 6.54 Å². The third kappa shape index (κ3) is 4.98. The fourth-order valence-corrected chi connectivity index (χ4v) is 1.33. The summed E-state index contributed by atoms with van der Waals surface area (Å²) in [6.07, 6.45) is 0. The van der Waals surface area contributed by atoms with Gasteiger partial charge in [-0.1, -0.05) is 0 Å². The Kier molecular flexibility index (Phi) is 5.41. The summed E-state index contributed by atoms with van der Waals surface area (Å²) in [7, 11) is 0. The van der Waals surface area contributed by atoms with E-state index in [-0.39, 0.29) is 17.1 Å². The van der Waals surface area contributed by atoms with Crippen LogP contribution >= 0.6 is 0 Å². The van der Waals surface area contributed by atoms with Crippen LogP contribution in [-0.4, -0.2) is 18.0 Å². The Labute approximate surface area is 102 Å². The van der Waals surface area contributed by atoms with Crippen molar-refractivity contribution in [2.24, 2.45) is 0 Å². The van der Waals surface area contributed by atoms with E-state index in [9.17, 15) is 0 Å². The molecule has 0 radical (unpaired) electrons. The van der Waals surface area contributed by atoms with E-state index in [1.54, 1.807) is 0 Å². The minimum Gasteiger partial charge on any atom is -0.748 e. The van der Waals surface area contributed by atoms with Crippen molar-refractivity contribution in [2.45, 2.75) is 6.54 Å². The SMILES string of the molecule is [Fe].[cH-]1[cH-][cH-][cH-][cH-]1.c1cc[c-](CN2CC2)c1. The average Bonchev–Trinajstić information content (AvgIpc) is 2.76. The molecule has 0 amide bonds. The third-order valence-corrected chi connectivity index (χ3v) is 2.23. The van der Waals surface area contributed by atoms with E-state index in [1.165, 1.54) is 18.7 Å². The van der Waals surface area contributed by atoms with Crippen LogP contribution in [0.1, 0.15) is 5.56 Å². The maximum atomic E-state index is 2.41. The number of rotatable bonds is 2. The summed E-state index contributed by atoms with van der Waals surface area (Å²) in [5.41, 5.74) is 1.45. The second kappa shape index (κ2) is 6.62. The van der Waals surface area contributed by atoms with Crippen molar-refractivity contribution >= 4 is 0 Å². The fourth-order valence-electron chi connectivity index (χ4n) is 1.33. The molecule has 2 aromatic carbocycles. The zero-order valence-corrected chi connectivity index (χ0v) is 9.72. The first-order valence-electron chi connectivity index (χ1n) is 5.05. The molecule has 15 heavy (non-hydrogen) atoms. The third-order valence-electron chi connectivity index (χ3n) is 2.23. The molecule has 1 saturated heterocycles. The van der Waals surface area contributed by atoms with Gasteiger partial charge in [0.1, 0.15) is 0 Å². The molecule has 0 bridgehead atoms. The second-order valence-corrected chi connectivity index (χ2v) is 3.53. The Morgan fingerprint density at radius 2 is 1.40 bits per heavy atom. The van der Waals surface area contributed by atoms with Crippen molar-refractivity contribution < 1.29 is 17.1 Å². The number of hydrogen-bond donors (Lipinski definition) is 0. The van der Waals surface area contributed by atoms with Crippen molar-refractivity contribution in [3.63, 3.8) is 0 Å². The molecule has 0 saturated carbocycles. The van der Waals surface area contributed by atoms with Crippen LogP contribution < -0.4 is 0 Å². The molecule has 3 rings (SSSR count). The number of nitrogens with zero attached hydrogens (tertiary/aromatic N) is 1. The Balaban J connectivity index is 0.000000162. The molecule has 0 atom stereocenters. The largest absolute Gasteiger partial charge is 0.748 e. The van der Waals surface area contributed by atoms with Crippen molar-refractivity contribution in [2.75, 3.05) is 13.1 Å². The van der Waals surface area contributed by atoms with Crippen LogP contribution in [0, 0.1) is 0 Å². The summed E-state index contributed by atoms with van der Waals surface area (Å²) in [6.45, 7) is 3.75. The molecule has 1 fully saturated rings. The van der Waals surface area contributed by atoms with Crippen LogP contribution in [-0.2, 0) is 23.6 Å². The molecule has 0 aromatic heterocycles. The molecule has 1 aliphatic rings. The average molecular weight is 241 g/mol. The molecule has 1 aliphatic heterocycles. The van der Waals surface area contributed by atoms with Crippen LogP contribution in [0.25, 0.3) is 0 Å². The Morgan fingerprint density at radius 3 is 1.80 bits per heavy atom. The molecule has 0 N–H and O–H groups in total. The summed E-state index contributed by atoms with van der Waals surface area (Å²) in [6, 6.07) is 18.5. The van der Waals surface area contributed by atoms with Gasteiger partial charge in [0.2, 0.25) is 0 Å². The van der Waals surface area contributed by atoms with Crippen molar-refractivity contribution in [3.05, 3.63) is 60.2 Å². The smallest absolute Gasteiger partial charge is 0.0102 e. The van der Waals surface area contributed by atoms with Gasteiger partial charge >= 0.3 is 0 Å². The maximum absolute atomic E-state index is 2.41. The van der Waals surface area contributed by atoms with E-state index < -0.39 is 0 Å². The summed E-state index contributed by atoms with van der Waals surface area (Å²) >= 11 is 0. The summed E-state index contributed by atoms with van der Waals surface area (Å²) in [5.74, 6) is 0. The molecule has 1 heterocycles. The molecule has 0 spiro atoms. The Bertz CT molecular complexity index is 302. The van der Waals surface area contributed by atoms with E-state index in [2.05, 4.69) is 29.2 Å². The van der Waals surface area contributed by atoms with Gasteiger partial charge in [-0.15, -0.1) is 5.56 Å². The summed E-state index contributed by atoms with van der Waals surface area (Å²) in [4.78, 5) is 2.41. The summed E-state index contributed by atoms with van der Waals surface area (Å²) < 4.78 is 0. The first-order chi connectivity index (χ1) is 6.95. The van der Waals surface area contributed by atoms with Crippen LogP contribution in [0.5, 0.6) is 0 Å². The van der Waals surface area contributed by atoms with Gasteiger partial charge in [-0.3, -0.25) is 0 Å². The van der Waals surface area contributed by atoms with Gasteiger partial charge in [0.05, 0.1) is 0 Å². The molecule has 0 unspecified atom stereocenters. The van der Waals surface area contributed by atoms with Crippen LogP contribution in [0.15, 0.2) is 54.6 Å². The molecular weight excluding hydrogens is 226 g/mol. The van der Waals surface area contributed by atoms with E-state index >= 15 is 0 Å². The zero-order valence-electron chi connectivity index (χ0n) is 8.62. The van der Waals surface area contributed by atoms with Gasteiger partial charge in [0.15, 0.2) is 0 Å². The monoisotopic (exact) mass is 241 g/mol. The van der Waals surface area contributed by atoms with Crippen molar-refractivity contribution in [1.29, 1.82) is 0 Å². The van der Waals surface area contributed by atoms with E-state index in [1.807, 2.05) is 30.3 Å². The molecular formula is C13H15FeN-6. The molecule has 2 aromatic rings. The molecule has 0 aliphatic carbocycles. The first kappa shape index (κ1) is 12.3. The van der Waals surface area contributed by atoms with Gasteiger partial charge in [0, 0.05) is 30.2 Å². The van der Waals surface area contributed by atoms with Gasteiger partial charge in [-0.05, 0) is 6.54 Å². The standard InChI is InChI=1S/C8H10N.C5H5.Fe/c1-2-4-8(3-1)7-9-5-6-9;1-2-4-5-3-1;/h1-4H,5-7H2;1-5H;/q-1;-5;. The van der Waals surface area contributed by atoms with Gasteiger partial charge in [0.25, 0.3) is 0 Å². The zero-order chi connectivity index (χ0) is 9.64. The van der Waals surface area contributed by atoms with Crippen LogP contribution in [0.3, 0.4) is 0 Å². The predicted octanol–water partition coefficient (Wildman–Crippen LogP) is 2.62. The molecule has 1 nitrogen and oxygen atoms in total. The van der Waals surface area contributed by atoms with Crippen LogP contribution in [0.4, 0.5) is 0 Å². The van der Waals surface area contributed by atoms with E-state index in [4.69, 9.17) is 0 Å². The van der Waals surface area contributed by atoms with Crippen LogP contribution in [0.2, 0.25) is 0 Å². The van der Waals surface area contributed by atoms with Crippen molar-refractivity contribution in [1.82, 2.24) is 4.90 Å². The van der Waals surface area contributed by atoms with Gasteiger partial charge in [-0.2, -0.15) is 12.1 Å². The van der Waals surface area contributed by atoms with E-state index in [0.29, 0.717) is 0 Å². The minimum atomic E-state index is 0. The Hall–Kier alpha value is -0.821. The number of hydrogen-bond acceptors (Lipinski definition) is 1. The van der Waals surface area contributed by atoms with Gasteiger partial charge in [-0.25, -0.2) is 12.1 Å². The minimum absolute atomic E-state index is 0. The second-order valence-electron chi connectivity index (χ2n) is 3.53. The maximum Gasteiger partial charge on any atom is 0.0102 e. The van der Waals surface area contributed by atoms with Crippen molar-refractivity contribution in [3.8, 4) is 0 Å². The predicted molar refractivity (Wildman–Crippen MR) is 59.3 cm³/mol. The molecule has 86 valence electrons. The quantitative estimate of drug-likeness (QED) is 0.443. The topological polar surface area (TPSA) is 3.01 Å².